The minimum absolute atomic E-state index is 0.117. The number of benzene rings is 3. The highest BCUT2D eigenvalue weighted by Gasteiger charge is 2.18. The molecule has 7 heteroatoms. The number of nitrogens with one attached hydrogen (secondary N) is 1. The van der Waals surface area contributed by atoms with Crippen LogP contribution in [0.5, 0.6) is 5.88 Å². The zero-order valence-electron chi connectivity index (χ0n) is 18.2. The average Bonchev–Trinajstić information content (AvgIpc) is 2.82. The third kappa shape index (κ3) is 4.75. The van der Waals surface area contributed by atoms with E-state index in [2.05, 4.69) is 21.4 Å². The molecule has 0 amide bonds. The first-order valence-corrected chi connectivity index (χ1v) is 10.4. The minimum Gasteiger partial charge on any atom is -0.478 e. The van der Waals surface area contributed by atoms with Crippen molar-refractivity contribution in [3.05, 3.63) is 94.7 Å². The van der Waals surface area contributed by atoms with Crippen LogP contribution in [-0.2, 0) is 6.61 Å². The third-order valence-electron chi connectivity index (χ3n) is 5.23. The Morgan fingerprint density at radius 2 is 1.85 bits per heavy atom. The molecule has 0 radical (unpaired) electrons. The largest absolute Gasteiger partial charge is 0.478 e. The molecule has 1 aromatic heterocycles. The van der Waals surface area contributed by atoms with E-state index in [1.807, 2.05) is 56.3 Å². The molecule has 0 aliphatic heterocycles. The van der Waals surface area contributed by atoms with Crippen molar-refractivity contribution in [2.24, 2.45) is 0 Å². The normalized spacial score (nSPS) is 11.5. The summed E-state index contributed by atoms with van der Waals surface area (Å²) in [6, 6.07) is 22.0. The second kappa shape index (κ2) is 9.37. The molecule has 0 bridgehead atoms. The first kappa shape index (κ1) is 21.8. The molecule has 33 heavy (non-hydrogen) atoms. The van der Waals surface area contributed by atoms with Crippen LogP contribution in [0.25, 0.3) is 11.0 Å². The van der Waals surface area contributed by atoms with Crippen LogP contribution in [0, 0.1) is 18.3 Å². The number of hydrogen-bond donors (Lipinski definition) is 2. The molecule has 1 atom stereocenters. The molecule has 164 valence electrons. The molecule has 0 saturated carbocycles. The summed E-state index contributed by atoms with van der Waals surface area (Å²) in [4.78, 5) is 20.8. The topological polar surface area (TPSA) is 108 Å². The van der Waals surface area contributed by atoms with Crippen LogP contribution in [0.3, 0.4) is 0 Å². The van der Waals surface area contributed by atoms with E-state index >= 15 is 0 Å². The van der Waals surface area contributed by atoms with Gasteiger partial charge >= 0.3 is 5.97 Å². The molecule has 0 fully saturated rings. The predicted molar refractivity (Wildman–Crippen MR) is 125 cm³/mol. The van der Waals surface area contributed by atoms with Crippen molar-refractivity contribution >= 4 is 22.7 Å². The number of aromatic carboxylic acids is 1. The van der Waals surface area contributed by atoms with Gasteiger partial charge in [0, 0.05) is 11.3 Å². The zero-order valence-corrected chi connectivity index (χ0v) is 18.2. The molecule has 4 aromatic rings. The summed E-state index contributed by atoms with van der Waals surface area (Å²) in [5.41, 5.74) is 4.71. The number of carboxylic acids is 1. The van der Waals surface area contributed by atoms with Gasteiger partial charge in [0.1, 0.15) is 12.7 Å². The maximum absolute atomic E-state index is 11.6. The van der Waals surface area contributed by atoms with Gasteiger partial charge in [0.2, 0.25) is 5.69 Å². The summed E-state index contributed by atoms with van der Waals surface area (Å²) in [7, 11) is 0. The van der Waals surface area contributed by atoms with E-state index in [0.29, 0.717) is 16.7 Å². The highest BCUT2D eigenvalue weighted by molar-refractivity contribution is 5.94. The lowest BCUT2D eigenvalue weighted by atomic mass is 10.0. The van der Waals surface area contributed by atoms with Crippen LogP contribution in [0.4, 0.5) is 5.69 Å². The molecular formula is C26H22N4O3. The van der Waals surface area contributed by atoms with Gasteiger partial charge in [0.15, 0.2) is 0 Å². The fraction of sp³-hybridized carbons (Fsp3) is 0.154. The second-order valence-corrected chi connectivity index (χ2v) is 7.70. The standard InChI is InChI=1S/C26H22N4O3/c1-16-12-20(17(2)28-21-11-7-6-10-19(21)26(31)32)24-22(13-16)29-23(14-27)25(30-24)33-15-18-8-4-3-5-9-18/h3-13,17,28H,15H2,1-2H3,(H,31,32)/t17-/m1/s1. The van der Waals surface area contributed by atoms with Crippen molar-refractivity contribution in [2.75, 3.05) is 5.32 Å². The molecule has 0 saturated heterocycles. The Kier molecular flexibility index (Phi) is 6.18. The molecule has 0 aliphatic rings. The number of aryl methyl sites for hydroxylation is 1. The van der Waals surface area contributed by atoms with Gasteiger partial charge in [-0.1, -0.05) is 48.5 Å². The number of hydrogen-bond acceptors (Lipinski definition) is 6. The molecule has 0 spiro atoms. The summed E-state index contributed by atoms with van der Waals surface area (Å²) in [6.07, 6.45) is 0. The van der Waals surface area contributed by atoms with Crippen LogP contribution in [-0.4, -0.2) is 21.0 Å². The molecule has 2 N–H and O–H groups in total. The summed E-state index contributed by atoms with van der Waals surface area (Å²) in [6.45, 7) is 4.13. The monoisotopic (exact) mass is 438 g/mol. The van der Waals surface area contributed by atoms with Crippen molar-refractivity contribution in [2.45, 2.75) is 26.5 Å². The lowest BCUT2D eigenvalue weighted by Crippen LogP contribution is -2.12. The molecule has 7 nitrogen and oxygen atoms in total. The number of nitriles is 1. The molecule has 0 aliphatic carbocycles. The van der Waals surface area contributed by atoms with Gasteiger partial charge < -0.3 is 15.2 Å². The first-order valence-electron chi connectivity index (χ1n) is 10.4. The van der Waals surface area contributed by atoms with Crippen LogP contribution < -0.4 is 10.1 Å². The van der Waals surface area contributed by atoms with E-state index in [1.165, 1.54) is 0 Å². The second-order valence-electron chi connectivity index (χ2n) is 7.70. The molecule has 1 heterocycles. The van der Waals surface area contributed by atoms with Gasteiger partial charge in [-0.3, -0.25) is 0 Å². The number of carboxylic acid groups (broad SMARTS) is 1. The predicted octanol–water partition coefficient (Wildman–Crippen LogP) is 5.26. The first-order chi connectivity index (χ1) is 16.0. The van der Waals surface area contributed by atoms with E-state index < -0.39 is 5.97 Å². The summed E-state index contributed by atoms with van der Waals surface area (Å²) < 4.78 is 5.86. The van der Waals surface area contributed by atoms with Gasteiger partial charge in [0.25, 0.3) is 5.88 Å². The number of rotatable bonds is 7. The number of nitrogens with zero attached hydrogens (tertiary/aromatic N) is 3. The Morgan fingerprint density at radius 1 is 1.12 bits per heavy atom. The Hall–Kier alpha value is -4.44. The molecule has 3 aromatic carbocycles. The zero-order chi connectivity index (χ0) is 23.4. The van der Waals surface area contributed by atoms with Gasteiger partial charge in [0.05, 0.1) is 22.6 Å². The fourth-order valence-corrected chi connectivity index (χ4v) is 3.65. The van der Waals surface area contributed by atoms with E-state index in [1.54, 1.807) is 24.3 Å². The maximum Gasteiger partial charge on any atom is 0.337 e. The number of ether oxygens (including phenoxy) is 1. The van der Waals surface area contributed by atoms with Crippen LogP contribution in [0.1, 0.15) is 45.7 Å². The number of anilines is 1. The van der Waals surface area contributed by atoms with Crippen molar-refractivity contribution in [1.29, 1.82) is 5.26 Å². The third-order valence-corrected chi connectivity index (χ3v) is 5.23. The smallest absolute Gasteiger partial charge is 0.337 e. The van der Waals surface area contributed by atoms with Crippen molar-refractivity contribution in [3.63, 3.8) is 0 Å². The van der Waals surface area contributed by atoms with Crippen LogP contribution in [0.2, 0.25) is 0 Å². The van der Waals surface area contributed by atoms with Gasteiger partial charge in [-0.25, -0.2) is 14.8 Å². The Labute approximate surface area is 191 Å². The number of para-hydroxylation sites is 1. The van der Waals surface area contributed by atoms with Crippen molar-refractivity contribution < 1.29 is 14.6 Å². The Morgan fingerprint density at radius 3 is 2.58 bits per heavy atom. The SMILES string of the molecule is Cc1cc([C@@H](C)Nc2ccccc2C(=O)O)c2nc(OCc3ccccc3)c(C#N)nc2c1. The highest BCUT2D eigenvalue weighted by atomic mass is 16.5. The van der Waals surface area contributed by atoms with E-state index in [4.69, 9.17) is 4.74 Å². The number of fused-ring (bicyclic) bond motifs is 1. The lowest BCUT2D eigenvalue weighted by Gasteiger charge is -2.19. The average molecular weight is 438 g/mol. The van der Waals surface area contributed by atoms with Crippen LogP contribution >= 0.6 is 0 Å². The van der Waals surface area contributed by atoms with Gasteiger partial charge in [-0.15, -0.1) is 0 Å². The molecule has 0 unspecified atom stereocenters. The highest BCUT2D eigenvalue weighted by Crippen LogP contribution is 2.30. The van der Waals surface area contributed by atoms with Crippen LogP contribution in [0.15, 0.2) is 66.7 Å². The Balaban J connectivity index is 1.73. The Bertz CT molecular complexity index is 1360. The lowest BCUT2D eigenvalue weighted by molar-refractivity contribution is 0.0698. The fourth-order valence-electron chi connectivity index (χ4n) is 3.65. The number of carbonyl (C=O) groups is 1. The quantitative estimate of drug-likeness (QED) is 0.405. The number of aromatic nitrogens is 2. The van der Waals surface area contributed by atoms with E-state index in [0.717, 1.165) is 16.7 Å². The van der Waals surface area contributed by atoms with Crippen molar-refractivity contribution in [1.82, 2.24) is 9.97 Å². The summed E-state index contributed by atoms with van der Waals surface area (Å²) in [5.74, 6) is -0.841. The van der Waals surface area contributed by atoms with Crippen molar-refractivity contribution in [3.8, 4) is 11.9 Å². The van der Waals surface area contributed by atoms with Gasteiger partial charge in [-0.2, -0.15) is 5.26 Å². The van der Waals surface area contributed by atoms with Gasteiger partial charge in [-0.05, 0) is 43.2 Å². The summed E-state index contributed by atoms with van der Waals surface area (Å²) >= 11 is 0. The summed E-state index contributed by atoms with van der Waals surface area (Å²) in [5, 5.41) is 22.4. The maximum atomic E-state index is 11.6. The molecule has 4 rings (SSSR count). The van der Waals surface area contributed by atoms with E-state index in [9.17, 15) is 15.2 Å². The molecular weight excluding hydrogens is 416 g/mol. The minimum atomic E-state index is -1.01. The van der Waals surface area contributed by atoms with E-state index in [-0.39, 0.29) is 29.8 Å².